The highest BCUT2D eigenvalue weighted by Crippen LogP contribution is 2.29. The molecule has 0 heterocycles. The van der Waals surface area contributed by atoms with Crippen molar-refractivity contribution in [2.75, 3.05) is 13.7 Å². The largest absolute Gasteiger partial charge is 0.464 e. The Morgan fingerprint density at radius 3 is 2.47 bits per heavy atom. The van der Waals surface area contributed by atoms with Crippen LogP contribution in [0.25, 0.3) is 0 Å². The van der Waals surface area contributed by atoms with Crippen LogP contribution in [0, 0.1) is 0 Å². The Morgan fingerprint density at radius 1 is 1.41 bits per heavy atom. The van der Waals surface area contributed by atoms with Gasteiger partial charge in [-0.15, -0.1) is 0 Å². The van der Waals surface area contributed by atoms with Crippen molar-refractivity contribution in [3.05, 3.63) is 35.9 Å². The van der Waals surface area contributed by atoms with Crippen LogP contribution in [-0.2, 0) is 19.9 Å². The maximum atomic E-state index is 11.6. The molecule has 1 aromatic carbocycles. The lowest BCUT2D eigenvalue weighted by Gasteiger charge is -2.32. The van der Waals surface area contributed by atoms with Gasteiger partial charge in [0.2, 0.25) is 0 Å². The van der Waals surface area contributed by atoms with Crippen LogP contribution in [0.15, 0.2) is 30.3 Å². The minimum Gasteiger partial charge on any atom is -0.464 e. The minimum atomic E-state index is -1.35. The molecule has 0 spiro atoms. The van der Waals surface area contributed by atoms with Crippen molar-refractivity contribution < 1.29 is 19.4 Å². The summed E-state index contributed by atoms with van der Waals surface area (Å²) in [6.45, 7) is 3.58. The Kier molecular flexibility index (Phi) is 4.66. The fourth-order valence-electron chi connectivity index (χ4n) is 1.60. The summed E-state index contributed by atoms with van der Waals surface area (Å²) in [4.78, 5) is 11.6. The summed E-state index contributed by atoms with van der Waals surface area (Å²) in [6.07, 6.45) is -1.35. The molecule has 0 aliphatic heterocycles. The molecule has 0 aliphatic rings. The standard InChI is InChI=1S/C13H18O4/c1-4-17-12(15)11(14)13(2,16-3)10-8-6-5-7-9-10/h5-9,11,14H,4H2,1-3H3. The van der Waals surface area contributed by atoms with E-state index in [9.17, 15) is 9.90 Å². The number of aliphatic hydroxyl groups is 1. The van der Waals surface area contributed by atoms with Crippen molar-refractivity contribution in [3.63, 3.8) is 0 Å². The first kappa shape index (κ1) is 13.7. The molecule has 0 saturated heterocycles. The predicted molar refractivity (Wildman–Crippen MR) is 63.4 cm³/mol. The molecular weight excluding hydrogens is 220 g/mol. The molecule has 94 valence electrons. The predicted octanol–water partition coefficient (Wildman–Crippen LogP) is 1.47. The van der Waals surface area contributed by atoms with Crippen LogP contribution in [0.2, 0.25) is 0 Å². The summed E-state index contributed by atoms with van der Waals surface area (Å²) >= 11 is 0. The summed E-state index contributed by atoms with van der Waals surface area (Å²) < 4.78 is 10.1. The Bertz CT molecular complexity index is 363. The third kappa shape index (κ3) is 2.84. The lowest BCUT2D eigenvalue weighted by Crippen LogP contribution is -2.44. The van der Waals surface area contributed by atoms with Crippen molar-refractivity contribution >= 4 is 5.97 Å². The number of methoxy groups -OCH3 is 1. The number of benzene rings is 1. The Balaban J connectivity index is 3.00. The fourth-order valence-corrected chi connectivity index (χ4v) is 1.60. The third-order valence-electron chi connectivity index (χ3n) is 2.80. The van der Waals surface area contributed by atoms with Gasteiger partial charge in [0.1, 0.15) is 5.60 Å². The number of carbonyl (C=O) groups excluding carboxylic acids is 1. The second kappa shape index (κ2) is 5.80. The molecule has 4 heteroatoms. The second-order valence-electron chi connectivity index (χ2n) is 3.83. The first-order chi connectivity index (χ1) is 8.06. The van der Waals surface area contributed by atoms with Crippen molar-refractivity contribution in [1.29, 1.82) is 0 Å². The Hall–Kier alpha value is -1.39. The van der Waals surface area contributed by atoms with E-state index in [1.165, 1.54) is 7.11 Å². The van der Waals surface area contributed by atoms with Crippen molar-refractivity contribution in [2.45, 2.75) is 25.6 Å². The molecule has 0 bridgehead atoms. The Morgan fingerprint density at radius 2 is 2.00 bits per heavy atom. The van der Waals surface area contributed by atoms with Gasteiger partial charge in [0.25, 0.3) is 0 Å². The van der Waals surface area contributed by atoms with E-state index >= 15 is 0 Å². The van der Waals surface area contributed by atoms with Crippen molar-refractivity contribution in [3.8, 4) is 0 Å². The van der Waals surface area contributed by atoms with E-state index in [1.54, 1.807) is 26.0 Å². The van der Waals surface area contributed by atoms with Crippen molar-refractivity contribution in [1.82, 2.24) is 0 Å². The van der Waals surface area contributed by atoms with Gasteiger partial charge in [0.05, 0.1) is 6.61 Å². The van der Waals surface area contributed by atoms with E-state index in [0.29, 0.717) is 0 Å². The van der Waals surface area contributed by atoms with Crippen LogP contribution in [0.1, 0.15) is 19.4 Å². The number of aliphatic hydroxyl groups excluding tert-OH is 1. The third-order valence-corrected chi connectivity index (χ3v) is 2.80. The molecule has 2 unspecified atom stereocenters. The summed E-state index contributed by atoms with van der Waals surface area (Å²) in [5, 5.41) is 10.0. The zero-order valence-electron chi connectivity index (χ0n) is 10.3. The van der Waals surface area contributed by atoms with Gasteiger partial charge < -0.3 is 14.6 Å². The number of ether oxygens (including phenoxy) is 2. The van der Waals surface area contributed by atoms with E-state index in [0.717, 1.165) is 5.56 Å². The molecular formula is C13H18O4. The number of hydrogen-bond acceptors (Lipinski definition) is 4. The molecule has 17 heavy (non-hydrogen) atoms. The Labute approximate surface area is 101 Å². The molecule has 1 N–H and O–H groups in total. The number of esters is 1. The smallest absolute Gasteiger partial charge is 0.338 e. The summed E-state index contributed by atoms with van der Waals surface area (Å²) in [7, 11) is 1.45. The second-order valence-corrected chi connectivity index (χ2v) is 3.83. The average Bonchev–Trinajstić information content (AvgIpc) is 2.38. The van der Waals surface area contributed by atoms with Gasteiger partial charge in [-0.05, 0) is 19.4 Å². The van der Waals surface area contributed by atoms with Crippen LogP contribution in [0.3, 0.4) is 0 Å². The van der Waals surface area contributed by atoms with Gasteiger partial charge in [-0.25, -0.2) is 4.79 Å². The quantitative estimate of drug-likeness (QED) is 0.789. The van der Waals surface area contributed by atoms with E-state index < -0.39 is 17.7 Å². The maximum Gasteiger partial charge on any atom is 0.338 e. The normalized spacial score (nSPS) is 16.0. The highest BCUT2D eigenvalue weighted by molar-refractivity contribution is 5.76. The lowest BCUT2D eigenvalue weighted by molar-refractivity contribution is -0.172. The van der Waals surface area contributed by atoms with E-state index in [1.807, 2.05) is 18.2 Å². The topological polar surface area (TPSA) is 55.8 Å². The van der Waals surface area contributed by atoms with Crippen molar-refractivity contribution in [2.24, 2.45) is 0 Å². The minimum absolute atomic E-state index is 0.227. The first-order valence-electron chi connectivity index (χ1n) is 5.51. The number of hydrogen-bond donors (Lipinski definition) is 1. The molecule has 0 aliphatic carbocycles. The van der Waals surface area contributed by atoms with E-state index in [-0.39, 0.29) is 6.61 Å². The lowest BCUT2D eigenvalue weighted by atomic mass is 9.90. The molecule has 4 nitrogen and oxygen atoms in total. The molecule has 0 radical (unpaired) electrons. The number of rotatable bonds is 5. The van der Waals surface area contributed by atoms with Crippen LogP contribution in [-0.4, -0.2) is 30.9 Å². The number of carbonyl (C=O) groups is 1. The highest BCUT2D eigenvalue weighted by Gasteiger charge is 2.40. The van der Waals surface area contributed by atoms with Gasteiger partial charge in [-0.3, -0.25) is 0 Å². The molecule has 1 rings (SSSR count). The first-order valence-corrected chi connectivity index (χ1v) is 5.51. The highest BCUT2D eigenvalue weighted by atomic mass is 16.6. The van der Waals surface area contributed by atoms with Crippen LogP contribution in [0.5, 0.6) is 0 Å². The van der Waals surface area contributed by atoms with Gasteiger partial charge in [0, 0.05) is 7.11 Å². The van der Waals surface area contributed by atoms with Crippen LogP contribution in [0.4, 0.5) is 0 Å². The SMILES string of the molecule is CCOC(=O)C(O)C(C)(OC)c1ccccc1. The molecule has 0 saturated carbocycles. The molecule has 0 fully saturated rings. The fraction of sp³-hybridized carbons (Fsp3) is 0.462. The van der Waals surface area contributed by atoms with E-state index in [4.69, 9.17) is 9.47 Å². The van der Waals surface area contributed by atoms with Gasteiger partial charge in [-0.1, -0.05) is 30.3 Å². The molecule has 1 aromatic rings. The summed E-state index contributed by atoms with van der Waals surface area (Å²) in [5.41, 5.74) is -0.379. The summed E-state index contributed by atoms with van der Waals surface area (Å²) in [6, 6.07) is 9.10. The molecule has 2 atom stereocenters. The van der Waals surface area contributed by atoms with Gasteiger partial charge >= 0.3 is 5.97 Å². The van der Waals surface area contributed by atoms with E-state index in [2.05, 4.69) is 0 Å². The maximum absolute atomic E-state index is 11.6. The van der Waals surface area contributed by atoms with Crippen LogP contribution >= 0.6 is 0 Å². The van der Waals surface area contributed by atoms with Gasteiger partial charge in [0.15, 0.2) is 6.10 Å². The monoisotopic (exact) mass is 238 g/mol. The van der Waals surface area contributed by atoms with Crippen LogP contribution < -0.4 is 0 Å². The molecule has 0 aromatic heterocycles. The average molecular weight is 238 g/mol. The van der Waals surface area contributed by atoms with Gasteiger partial charge in [-0.2, -0.15) is 0 Å². The molecule has 0 amide bonds. The summed E-state index contributed by atoms with van der Waals surface area (Å²) in [5.74, 6) is -0.680. The zero-order valence-corrected chi connectivity index (χ0v) is 10.3. The zero-order chi connectivity index (χ0) is 12.9.